The van der Waals surface area contributed by atoms with Crippen molar-refractivity contribution in [3.63, 3.8) is 0 Å². The SMILES string of the molecule is CCOc1ccc(S(=O)(=O)N2CCC[C@H](C(=O)N(C)c3ccc(C)c(C)c3)C2)cc1Cl. The van der Waals surface area contributed by atoms with Gasteiger partial charge in [0.15, 0.2) is 0 Å². The highest BCUT2D eigenvalue weighted by Gasteiger charge is 2.35. The molecule has 1 aliphatic rings. The number of hydrogen-bond donors (Lipinski definition) is 0. The third-order valence-corrected chi connectivity index (χ3v) is 7.94. The minimum Gasteiger partial charge on any atom is -0.492 e. The van der Waals surface area contributed by atoms with E-state index in [0.29, 0.717) is 31.7 Å². The van der Waals surface area contributed by atoms with E-state index in [1.807, 2.05) is 39.0 Å². The fourth-order valence-electron chi connectivity index (χ4n) is 3.76. The third kappa shape index (κ3) is 5.05. The highest BCUT2D eigenvalue weighted by Crippen LogP contribution is 2.31. The van der Waals surface area contributed by atoms with Gasteiger partial charge in [-0.15, -0.1) is 0 Å². The number of benzene rings is 2. The Morgan fingerprint density at radius 2 is 1.94 bits per heavy atom. The summed E-state index contributed by atoms with van der Waals surface area (Å²) in [6.07, 6.45) is 1.28. The van der Waals surface area contributed by atoms with Crippen molar-refractivity contribution < 1.29 is 17.9 Å². The Kier molecular flexibility index (Phi) is 7.29. The Morgan fingerprint density at radius 3 is 2.58 bits per heavy atom. The second-order valence-electron chi connectivity index (χ2n) is 7.89. The van der Waals surface area contributed by atoms with E-state index in [0.717, 1.165) is 16.8 Å². The second kappa shape index (κ2) is 9.59. The quantitative estimate of drug-likeness (QED) is 0.634. The Hall–Kier alpha value is -2.09. The molecule has 0 spiro atoms. The van der Waals surface area contributed by atoms with Crippen LogP contribution >= 0.6 is 11.6 Å². The first-order valence-electron chi connectivity index (χ1n) is 10.4. The van der Waals surface area contributed by atoms with Gasteiger partial charge < -0.3 is 9.64 Å². The van der Waals surface area contributed by atoms with Gasteiger partial charge in [0.2, 0.25) is 15.9 Å². The molecule has 2 aromatic carbocycles. The second-order valence-corrected chi connectivity index (χ2v) is 10.2. The van der Waals surface area contributed by atoms with E-state index >= 15 is 0 Å². The van der Waals surface area contributed by atoms with E-state index in [2.05, 4.69) is 0 Å². The van der Waals surface area contributed by atoms with Crippen LogP contribution in [-0.2, 0) is 14.8 Å². The van der Waals surface area contributed by atoms with Gasteiger partial charge >= 0.3 is 0 Å². The lowest BCUT2D eigenvalue weighted by Crippen LogP contribution is -2.46. The summed E-state index contributed by atoms with van der Waals surface area (Å²) in [5, 5.41) is 0.252. The van der Waals surface area contributed by atoms with Crippen LogP contribution in [0, 0.1) is 19.8 Å². The highest BCUT2D eigenvalue weighted by atomic mass is 35.5. The summed E-state index contributed by atoms with van der Waals surface area (Å²) >= 11 is 6.20. The summed E-state index contributed by atoms with van der Waals surface area (Å²) in [5.41, 5.74) is 3.08. The Morgan fingerprint density at radius 1 is 1.19 bits per heavy atom. The number of aryl methyl sites for hydroxylation is 2. The van der Waals surface area contributed by atoms with Crippen molar-refractivity contribution in [2.24, 2.45) is 5.92 Å². The van der Waals surface area contributed by atoms with Crippen LogP contribution in [0.25, 0.3) is 0 Å². The number of carbonyl (C=O) groups excluding carboxylic acids is 1. The number of sulfonamides is 1. The van der Waals surface area contributed by atoms with Crippen molar-refractivity contribution in [3.05, 3.63) is 52.5 Å². The predicted octanol–water partition coefficient (Wildman–Crippen LogP) is 4.42. The number of nitrogens with zero attached hydrogens (tertiary/aromatic N) is 2. The monoisotopic (exact) mass is 464 g/mol. The number of anilines is 1. The number of hydrogen-bond acceptors (Lipinski definition) is 4. The van der Waals surface area contributed by atoms with Gasteiger partial charge in [-0.3, -0.25) is 4.79 Å². The molecule has 31 heavy (non-hydrogen) atoms. The molecule has 0 N–H and O–H groups in total. The number of rotatable bonds is 6. The van der Waals surface area contributed by atoms with E-state index in [1.54, 1.807) is 18.0 Å². The number of ether oxygens (including phenoxy) is 1. The summed E-state index contributed by atoms with van der Waals surface area (Å²) in [4.78, 5) is 14.9. The molecule has 0 radical (unpaired) electrons. The summed E-state index contributed by atoms with van der Waals surface area (Å²) < 4.78 is 33.2. The number of piperidine rings is 1. The number of carbonyl (C=O) groups is 1. The third-order valence-electron chi connectivity index (χ3n) is 5.78. The van der Waals surface area contributed by atoms with Crippen molar-refractivity contribution in [1.82, 2.24) is 4.31 Å². The van der Waals surface area contributed by atoms with Gasteiger partial charge in [-0.25, -0.2) is 8.42 Å². The van der Waals surface area contributed by atoms with Crippen LogP contribution in [-0.4, -0.2) is 45.4 Å². The molecular formula is C23H29ClN2O4S. The van der Waals surface area contributed by atoms with Gasteiger partial charge in [0, 0.05) is 25.8 Å². The molecule has 8 heteroatoms. The van der Waals surface area contributed by atoms with E-state index in [1.165, 1.54) is 16.4 Å². The van der Waals surface area contributed by atoms with E-state index in [-0.39, 0.29) is 22.4 Å². The minimum atomic E-state index is -3.76. The molecule has 1 heterocycles. The molecule has 1 fully saturated rings. The van der Waals surface area contributed by atoms with Gasteiger partial charge in [-0.05, 0) is 75.1 Å². The van der Waals surface area contributed by atoms with Crippen molar-refractivity contribution in [2.45, 2.75) is 38.5 Å². The Balaban J connectivity index is 1.78. The van der Waals surface area contributed by atoms with Crippen LogP contribution in [0.5, 0.6) is 5.75 Å². The fourth-order valence-corrected chi connectivity index (χ4v) is 5.61. The topological polar surface area (TPSA) is 66.9 Å². The average Bonchev–Trinajstić information content (AvgIpc) is 2.76. The van der Waals surface area contributed by atoms with Gasteiger partial charge in [0.1, 0.15) is 5.75 Å². The van der Waals surface area contributed by atoms with Gasteiger partial charge in [0.05, 0.1) is 22.4 Å². The van der Waals surface area contributed by atoms with Crippen molar-refractivity contribution in [3.8, 4) is 5.75 Å². The molecule has 1 amide bonds. The molecule has 6 nitrogen and oxygen atoms in total. The standard InChI is InChI=1S/C23H29ClN2O4S/c1-5-30-22-11-10-20(14-21(22)24)31(28,29)26-12-6-7-18(15-26)23(27)25(4)19-9-8-16(2)17(3)13-19/h8-11,13-14,18H,5-7,12,15H2,1-4H3/t18-/m0/s1. The van der Waals surface area contributed by atoms with Crippen LogP contribution in [0.15, 0.2) is 41.3 Å². The predicted molar refractivity (Wildman–Crippen MR) is 123 cm³/mol. The molecule has 0 unspecified atom stereocenters. The summed E-state index contributed by atoms with van der Waals surface area (Å²) in [5.74, 6) is -0.0222. The van der Waals surface area contributed by atoms with Crippen LogP contribution in [0.1, 0.15) is 30.9 Å². The maximum Gasteiger partial charge on any atom is 0.243 e. The van der Waals surface area contributed by atoms with Crippen LogP contribution in [0.3, 0.4) is 0 Å². The molecule has 0 aliphatic carbocycles. The zero-order valence-electron chi connectivity index (χ0n) is 18.4. The van der Waals surface area contributed by atoms with Gasteiger partial charge in [0.25, 0.3) is 0 Å². The maximum atomic E-state index is 13.2. The van der Waals surface area contributed by atoms with Crippen LogP contribution < -0.4 is 9.64 Å². The molecule has 3 rings (SSSR count). The molecule has 0 saturated carbocycles. The zero-order valence-corrected chi connectivity index (χ0v) is 20.0. The normalized spacial score (nSPS) is 17.4. The summed E-state index contributed by atoms with van der Waals surface area (Å²) in [6, 6.07) is 10.4. The fraction of sp³-hybridized carbons (Fsp3) is 0.435. The van der Waals surface area contributed by atoms with E-state index in [9.17, 15) is 13.2 Å². The van der Waals surface area contributed by atoms with Gasteiger partial charge in [-0.2, -0.15) is 4.31 Å². The van der Waals surface area contributed by atoms with Gasteiger partial charge in [-0.1, -0.05) is 17.7 Å². The lowest BCUT2D eigenvalue weighted by atomic mass is 9.98. The summed E-state index contributed by atoms with van der Waals surface area (Å²) in [7, 11) is -2.02. The summed E-state index contributed by atoms with van der Waals surface area (Å²) in [6.45, 7) is 6.84. The first-order chi connectivity index (χ1) is 14.6. The van der Waals surface area contributed by atoms with E-state index in [4.69, 9.17) is 16.3 Å². The lowest BCUT2D eigenvalue weighted by molar-refractivity contribution is -0.123. The molecule has 168 valence electrons. The van der Waals surface area contributed by atoms with E-state index < -0.39 is 15.9 Å². The van der Waals surface area contributed by atoms with Crippen LogP contribution in [0.4, 0.5) is 5.69 Å². The number of halogens is 1. The molecule has 2 aromatic rings. The Labute approximate surface area is 189 Å². The molecule has 0 aromatic heterocycles. The number of amides is 1. The van der Waals surface area contributed by atoms with Crippen molar-refractivity contribution in [1.29, 1.82) is 0 Å². The highest BCUT2D eigenvalue weighted by molar-refractivity contribution is 7.89. The Bertz CT molecular complexity index is 1070. The lowest BCUT2D eigenvalue weighted by Gasteiger charge is -2.33. The first kappa shape index (κ1) is 23.6. The molecule has 1 aliphatic heterocycles. The largest absolute Gasteiger partial charge is 0.492 e. The van der Waals surface area contributed by atoms with Crippen molar-refractivity contribution >= 4 is 33.2 Å². The molecule has 1 saturated heterocycles. The maximum absolute atomic E-state index is 13.2. The van der Waals surface area contributed by atoms with Crippen molar-refractivity contribution in [2.75, 3.05) is 31.6 Å². The minimum absolute atomic E-state index is 0.0760. The molecular weight excluding hydrogens is 436 g/mol. The average molecular weight is 465 g/mol. The first-order valence-corrected chi connectivity index (χ1v) is 12.2. The molecule has 1 atom stereocenters. The smallest absolute Gasteiger partial charge is 0.243 e. The molecule has 0 bridgehead atoms. The zero-order chi connectivity index (χ0) is 22.8. The van der Waals surface area contributed by atoms with Crippen LogP contribution in [0.2, 0.25) is 5.02 Å².